The fourth-order valence-corrected chi connectivity index (χ4v) is 3.47. The molecule has 2 aliphatic rings. The lowest BCUT2D eigenvalue weighted by molar-refractivity contribution is -0.132. The Kier molecular flexibility index (Phi) is 3.25. The van der Waals surface area contributed by atoms with E-state index in [1.165, 1.54) is 0 Å². The Morgan fingerprint density at radius 2 is 1.89 bits per heavy atom. The second-order valence-corrected chi connectivity index (χ2v) is 7.26. The molecule has 0 aromatic carbocycles. The topological polar surface area (TPSA) is 41.1 Å². The maximum atomic E-state index is 12.6. The molecule has 0 aromatic heterocycles. The van der Waals surface area contributed by atoms with Crippen LogP contribution in [0.4, 0.5) is 0 Å². The maximum absolute atomic E-state index is 12.6. The molecular weight excluding hydrogens is 224 g/mol. The van der Waals surface area contributed by atoms with Crippen molar-refractivity contribution in [2.75, 3.05) is 13.1 Å². The van der Waals surface area contributed by atoms with Crippen molar-refractivity contribution in [2.24, 2.45) is 16.2 Å². The molecule has 104 valence electrons. The minimum absolute atomic E-state index is 0.174. The molecule has 0 aromatic rings. The summed E-state index contributed by atoms with van der Waals surface area (Å²) in [4.78, 5) is 12.6. The maximum Gasteiger partial charge on any atom is 0.227 e. The number of amides is 1. The van der Waals surface area contributed by atoms with E-state index in [0.717, 1.165) is 32.4 Å². The van der Waals surface area contributed by atoms with Crippen LogP contribution in [-0.4, -0.2) is 25.0 Å². The minimum Gasteiger partial charge on any atom is -0.352 e. The average Bonchev–Trinajstić information content (AvgIpc) is 2.72. The lowest BCUT2D eigenvalue weighted by Gasteiger charge is -2.35. The molecule has 18 heavy (non-hydrogen) atoms. The van der Waals surface area contributed by atoms with Crippen molar-refractivity contribution in [3.05, 3.63) is 0 Å². The van der Waals surface area contributed by atoms with E-state index in [1.807, 2.05) is 0 Å². The summed E-state index contributed by atoms with van der Waals surface area (Å²) in [6.07, 6.45) is 3.06. The zero-order chi connectivity index (χ0) is 13.6. The van der Waals surface area contributed by atoms with Crippen LogP contribution in [-0.2, 0) is 4.79 Å². The third-order valence-corrected chi connectivity index (χ3v) is 5.93. The Morgan fingerprint density at radius 1 is 1.28 bits per heavy atom. The second-order valence-electron chi connectivity index (χ2n) is 7.26. The van der Waals surface area contributed by atoms with E-state index in [1.54, 1.807) is 0 Å². The molecule has 1 saturated heterocycles. The lowest BCUT2D eigenvalue weighted by atomic mass is 9.77. The molecule has 3 heteroatoms. The number of piperidine rings is 1. The van der Waals surface area contributed by atoms with Crippen LogP contribution < -0.4 is 10.6 Å². The van der Waals surface area contributed by atoms with Gasteiger partial charge in [0.1, 0.15) is 0 Å². The predicted molar refractivity (Wildman–Crippen MR) is 74.3 cm³/mol. The van der Waals surface area contributed by atoms with Crippen molar-refractivity contribution in [1.82, 2.24) is 10.6 Å². The van der Waals surface area contributed by atoms with Crippen LogP contribution >= 0.6 is 0 Å². The van der Waals surface area contributed by atoms with E-state index in [2.05, 4.69) is 45.3 Å². The molecule has 0 bridgehead atoms. The highest BCUT2D eigenvalue weighted by atomic mass is 16.2. The van der Waals surface area contributed by atoms with Crippen molar-refractivity contribution in [3.63, 3.8) is 0 Å². The normalized spacial score (nSPS) is 34.1. The van der Waals surface area contributed by atoms with Crippen LogP contribution in [0, 0.1) is 16.2 Å². The summed E-state index contributed by atoms with van der Waals surface area (Å²) in [7, 11) is 0. The highest BCUT2D eigenvalue weighted by Gasteiger charge is 2.66. The smallest absolute Gasteiger partial charge is 0.227 e. The Morgan fingerprint density at radius 3 is 2.28 bits per heavy atom. The van der Waals surface area contributed by atoms with Gasteiger partial charge in [0.2, 0.25) is 5.91 Å². The summed E-state index contributed by atoms with van der Waals surface area (Å²) >= 11 is 0. The van der Waals surface area contributed by atoms with Crippen molar-refractivity contribution in [3.8, 4) is 0 Å². The van der Waals surface area contributed by atoms with Crippen LogP contribution in [0.1, 0.15) is 53.9 Å². The molecule has 2 rings (SSSR count). The monoisotopic (exact) mass is 252 g/mol. The van der Waals surface area contributed by atoms with Gasteiger partial charge in [-0.15, -0.1) is 0 Å². The Balaban J connectivity index is 2.04. The first-order chi connectivity index (χ1) is 8.28. The standard InChI is InChI=1S/C15H28N2O/c1-6-15(8-7-9-16-10-15)12(18)17-11-13(2,3)14(11,4)5/h11,16H,6-10H2,1-5H3,(H,17,18). The fourth-order valence-electron chi connectivity index (χ4n) is 3.47. The SMILES string of the molecule is CCC1(C(=O)NC2C(C)(C)C2(C)C)CCCNC1. The van der Waals surface area contributed by atoms with Gasteiger partial charge in [0.25, 0.3) is 0 Å². The van der Waals surface area contributed by atoms with E-state index >= 15 is 0 Å². The van der Waals surface area contributed by atoms with E-state index < -0.39 is 0 Å². The van der Waals surface area contributed by atoms with E-state index in [9.17, 15) is 4.79 Å². The molecule has 0 spiro atoms. The fraction of sp³-hybridized carbons (Fsp3) is 0.933. The van der Waals surface area contributed by atoms with Gasteiger partial charge in [0, 0.05) is 12.6 Å². The summed E-state index contributed by atoms with van der Waals surface area (Å²) in [5.74, 6) is 0.265. The van der Waals surface area contributed by atoms with E-state index in [4.69, 9.17) is 0 Å². The zero-order valence-electron chi connectivity index (χ0n) is 12.5. The van der Waals surface area contributed by atoms with Gasteiger partial charge in [-0.2, -0.15) is 0 Å². The second kappa shape index (κ2) is 4.22. The molecule has 2 N–H and O–H groups in total. The summed E-state index contributed by atoms with van der Waals surface area (Å²) in [5, 5.41) is 6.70. The third-order valence-electron chi connectivity index (χ3n) is 5.93. The van der Waals surface area contributed by atoms with Crippen molar-refractivity contribution in [1.29, 1.82) is 0 Å². The van der Waals surface area contributed by atoms with Crippen LogP contribution in [0.25, 0.3) is 0 Å². The molecule has 1 aliphatic carbocycles. The molecule has 1 amide bonds. The van der Waals surface area contributed by atoms with Gasteiger partial charge in [-0.1, -0.05) is 34.6 Å². The molecule has 1 heterocycles. The summed E-state index contributed by atoms with van der Waals surface area (Å²) in [5.41, 5.74) is 0.270. The first-order valence-corrected chi connectivity index (χ1v) is 7.30. The molecule has 2 fully saturated rings. The number of carbonyl (C=O) groups excluding carboxylic acids is 1. The van der Waals surface area contributed by atoms with Crippen molar-refractivity contribution < 1.29 is 4.79 Å². The largest absolute Gasteiger partial charge is 0.352 e. The van der Waals surface area contributed by atoms with Crippen LogP contribution in [0.5, 0.6) is 0 Å². The van der Waals surface area contributed by atoms with Gasteiger partial charge in [-0.05, 0) is 36.6 Å². The average molecular weight is 252 g/mol. The Hall–Kier alpha value is -0.570. The third kappa shape index (κ3) is 1.87. The molecule has 1 saturated carbocycles. The van der Waals surface area contributed by atoms with Gasteiger partial charge in [0.05, 0.1) is 5.41 Å². The quantitative estimate of drug-likeness (QED) is 0.809. The summed E-state index contributed by atoms with van der Waals surface area (Å²) < 4.78 is 0. The number of hydrogen-bond acceptors (Lipinski definition) is 2. The van der Waals surface area contributed by atoms with E-state index in [0.29, 0.717) is 6.04 Å². The number of carbonyl (C=O) groups is 1. The molecular formula is C15H28N2O. The molecule has 3 nitrogen and oxygen atoms in total. The first-order valence-electron chi connectivity index (χ1n) is 7.30. The zero-order valence-corrected chi connectivity index (χ0v) is 12.5. The van der Waals surface area contributed by atoms with Gasteiger partial charge in [-0.3, -0.25) is 4.79 Å². The van der Waals surface area contributed by atoms with Crippen LogP contribution in [0.15, 0.2) is 0 Å². The van der Waals surface area contributed by atoms with Gasteiger partial charge in [0.15, 0.2) is 0 Å². The van der Waals surface area contributed by atoms with Gasteiger partial charge >= 0.3 is 0 Å². The van der Waals surface area contributed by atoms with Gasteiger partial charge < -0.3 is 10.6 Å². The van der Waals surface area contributed by atoms with Crippen molar-refractivity contribution >= 4 is 5.91 Å². The van der Waals surface area contributed by atoms with Crippen molar-refractivity contribution in [2.45, 2.75) is 59.9 Å². The Labute approximate surface area is 111 Å². The molecule has 1 atom stereocenters. The van der Waals surface area contributed by atoms with Crippen LogP contribution in [0.3, 0.4) is 0 Å². The van der Waals surface area contributed by atoms with Crippen LogP contribution in [0.2, 0.25) is 0 Å². The van der Waals surface area contributed by atoms with E-state index in [-0.39, 0.29) is 22.2 Å². The summed E-state index contributed by atoms with van der Waals surface area (Å²) in [6, 6.07) is 0.322. The predicted octanol–water partition coefficient (Wildman–Crippen LogP) is 2.32. The summed E-state index contributed by atoms with van der Waals surface area (Å²) in [6.45, 7) is 13.0. The Bertz CT molecular complexity index is 326. The molecule has 0 radical (unpaired) electrons. The minimum atomic E-state index is -0.174. The molecule has 1 unspecified atom stereocenters. The lowest BCUT2D eigenvalue weighted by Crippen LogP contribution is -2.51. The highest BCUT2D eigenvalue weighted by Crippen LogP contribution is 2.62. The highest BCUT2D eigenvalue weighted by molar-refractivity contribution is 5.84. The first kappa shape index (κ1) is 13.9. The number of rotatable bonds is 3. The van der Waals surface area contributed by atoms with Gasteiger partial charge in [-0.25, -0.2) is 0 Å². The number of nitrogens with one attached hydrogen (secondary N) is 2. The molecule has 1 aliphatic heterocycles. The number of hydrogen-bond donors (Lipinski definition) is 2.